The molecule has 2 atom stereocenters. The van der Waals surface area contributed by atoms with E-state index in [1.807, 2.05) is 0 Å². The number of carbonyl (C=O) groups is 2. The highest BCUT2D eigenvalue weighted by Crippen LogP contribution is 2.22. The molecule has 4 N–H and O–H groups in total. The fraction of sp³-hybridized carbons (Fsp3) is 0.739. The van der Waals surface area contributed by atoms with Gasteiger partial charge in [-0.1, -0.05) is 38.5 Å². The van der Waals surface area contributed by atoms with Crippen molar-refractivity contribution in [2.75, 3.05) is 13.2 Å². The first-order valence-corrected chi connectivity index (χ1v) is 11.5. The minimum absolute atomic E-state index is 0.187. The normalized spacial score (nSPS) is 18.7. The van der Waals surface area contributed by atoms with E-state index in [-0.39, 0.29) is 25.3 Å². The van der Waals surface area contributed by atoms with Crippen molar-refractivity contribution in [2.45, 2.75) is 95.6 Å². The zero-order valence-corrected chi connectivity index (χ0v) is 18.4. The highest BCUT2D eigenvalue weighted by molar-refractivity contribution is 5.93. The molecule has 0 aromatic carbocycles. The van der Waals surface area contributed by atoms with Gasteiger partial charge in [0.15, 0.2) is 11.7 Å². The minimum atomic E-state index is -0.836. The highest BCUT2D eigenvalue weighted by Gasteiger charge is 2.40. The molecule has 2 amide bonds. The summed E-state index contributed by atoms with van der Waals surface area (Å²) in [5.74, 6) is -3.28. The van der Waals surface area contributed by atoms with E-state index in [1.165, 1.54) is 12.2 Å². The van der Waals surface area contributed by atoms with Crippen molar-refractivity contribution in [3.05, 3.63) is 23.8 Å². The second-order valence-corrected chi connectivity index (χ2v) is 8.06. The van der Waals surface area contributed by atoms with Crippen LogP contribution in [-0.4, -0.2) is 47.3 Å². The summed E-state index contributed by atoms with van der Waals surface area (Å²) >= 11 is 0. The van der Waals surface area contributed by atoms with Gasteiger partial charge in [-0.3, -0.25) is 9.59 Å². The van der Waals surface area contributed by atoms with Gasteiger partial charge in [0.2, 0.25) is 0 Å². The molecule has 0 spiro atoms. The molecular formula is C23H38F2N2O4. The van der Waals surface area contributed by atoms with E-state index in [9.17, 15) is 18.4 Å². The SMILES string of the molecule is O=C(N[C@H]1C[C@H]1NC(=O)/C(F)=C/CCCCCCCO)/C(F)=C/CCCCCCCO. The summed E-state index contributed by atoms with van der Waals surface area (Å²) in [4.78, 5) is 23.7. The lowest BCUT2D eigenvalue weighted by Gasteiger charge is -2.05. The standard InChI is InChI=1S/C23H38F2N2O4/c24-18(13-9-5-1-3-7-11-15-28)22(30)26-20-17-21(20)27-23(31)19(25)14-10-6-2-4-8-12-16-29/h13-14,20-21,28-29H,1-12,15-17H2,(H,26,30)(H,27,31)/b18-13-,19-14-/t20-,21+. The first-order chi connectivity index (χ1) is 15.0. The molecule has 0 aromatic rings. The Balaban J connectivity index is 2.16. The van der Waals surface area contributed by atoms with E-state index in [0.29, 0.717) is 19.3 Å². The van der Waals surface area contributed by atoms with Gasteiger partial charge in [0.25, 0.3) is 11.8 Å². The van der Waals surface area contributed by atoms with Crippen LogP contribution in [0.1, 0.15) is 83.5 Å². The van der Waals surface area contributed by atoms with Crippen LogP contribution in [-0.2, 0) is 9.59 Å². The number of unbranched alkanes of at least 4 members (excludes halogenated alkanes) is 10. The first kappa shape index (κ1) is 27.2. The zero-order valence-electron chi connectivity index (χ0n) is 18.4. The average Bonchev–Trinajstić information content (AvgIpc) is 3.48. The number of rotatable bonds is 18. The molecule has 0 bridgehead atoms. The Morgan fingerprint density at radius 2 is 1.03 bits per heavy atom. The van der Waals surface area contributed by atoms with E-state index in [2.05, 4.69) is 10.6 Å². The summed E-state index contributed by atoms with van der Waals surface area (Å²) in [6, 6.07) is -0.762. The van der Waals surface area contributed by atoms with Gasteiger partial charge in [-0.2, -0.15) is 0 Å². The molecule has 1 fully saturated rings. The van der Waals surface area contributed by atoms with Gasteiger partial charge in [-0.25, -0.2) is 8.78 Å². The van der Waals surface area contributed by atoms with Crippen LogP contribution in [0.2, 0.25) is 0 Å². The lowest BCUT2D eigenvalue weighted by molar-refractivity contribution is -0.120. The predicted octanol–water partition coefficient (Wildman–Crippen LogP) is 3.73. The highest BCUT2D eigenvalue weighted by atomic mass is 19.1. The fourth-order valence-electron chi connectivity index (χ4n) is 3.20. The number of aliphatic hydroxyl groups excluding tert-OH is 2. The van der Waals surface area contributed by atoms with Gasteiger partial charge in [-0.05, 0) is 57.1 Å². The van der Waals surface area contributed by atoms with Gasteiger partial charge in [0, 0.05) is 13.2 Å². The summed E-state index contributed by atoms with van der Waals surface area (Å²) in [5.41, 5.74) is 0. The minimum Gasteiger partial charge on any atom is -0.396 e. The largest absolute Gasteiger partial charge is 0.396 e. The molecule has 0 radical (unpaired) electrons. The topological polar surface area (TPSA) is 98.7 Å². The van der Waals surface area contributed by atoms with Crippen LogP contribution in [0, 0.1) is 0 Å². The van der Waals surface area contributed by atoms with Gasteiger partial charge >= 0.3 is 0 Å². The van der Waals surface area contributed by atoms with Crippen molar-refractivity contribution in [1.29, 1.82) is 0 Å². The van der Waals surface area contributed by atoms with E-state index < -0.39 is 23.5 Å². The summed E-state index contributed by atoms with van der Waals surface area (Å²) in [6.45, 7) is 0.375. The van der Waals surface area contributed by atoms with E-state index in [0.717, 1.165) is 64.2 Å². The molecule has 0 aliphatic heterocycles. The van der Waals surface area contributed by atoms with E-state index in [4.69, 9.17) is 10.2 Å². The third-order valence-corrected chi connectivity index (χ3v) is 5.23. The molecular weight excluding hydrogens is 406 g/mol. The molecule has 0 saturated heterocycles. The van der Waals surface area contributed by atoms with Crippen molar-refractivity contribution in [1.82, 2.24) is 10.6 Å². The van der Waals surface area contributed by atoms with Crippen LogP contribution in [0.15, 0.2) is 23.8 Å². The zero-order chi connectivity index (χ0) is 22.9. The molecule has 1 saturated carbocycles. The number of hydrogen-bond acceptors (Lipinski definition) is 4. The molecule has 6 nitrogen and oxygen atoms in total. The van der Waals surface area contributed by atoms with Gasteiger partial charge < -0.3 is 20.8 Å². The number of carbonyl (C=O) groups excluding carboxylic acids is 2. The summed E-state index contributed by atoms with van der Waals surface area (Å²) in [7, 11) is 0. The summed E-state index contributed by atoms with van der Waals surface area (Å²) in [5, 5.41) is 22.4. The molecule has 0 unspecified atom stereocenters. The average molecular weight is 445 g/mol. The molecule has 0 aromatic heterocycles. The quantitative estimate of drug-likeness (QED) is 0.191. The van der Waals surface area contributed by atoms with E-state index >= 15 is 0 Å². The van der Waals surface area contributed by atoms with Crippen LogP contribution in [0.5, 0.6) is 0 Å². The molecule has 31 heavy (non-hydrogen) atoms. The Bertz CT molecular complexity index is 546. The third kappa shape index (κ3) is 13.3. The smallest absolute Gasteiger partial charge is 0.279 e. The maximum Gasteiger partial charge on any atom is 0.279 e. The van der Waals surface area contributed by atoms with Crippen molar-refractivity contribution in [2.24, 2.45) is 0 Å². The molecule has 1 aliphatic rings. The van der Waals surface area contributed by atoms with Gasteiger partial charge in [-0.15, -0.1) is 0 Å². The maximum atomic E-state index is 13.9. The van der Waals surface area contributed by atoms with Crippen molar-refractivity contribution in [3.63, 3.8) is 0 Å². The monoisotopic (exact) mass is 444 g/mol. The number of allylic oxidation sites excluding steroid dienone is 2. The molecule has 8 heteroatoms. The number of amides is 2. The van der Waals surface area contributed by atoms with Crippen LogP contribution in [0.3, 0.4) is 0 Å². The predicted molar refractivity (Wildman–Crippen MR) is 116 cm³/mol. The fourth-order valence-corrected chi connectivity index (χ4v) is 3.20. The molecule has 0 heterocycles. The molecule has 1 aliphatic carbocycles. The molecule has 1 rings (SSSR count). The van der Waals surface area contributed by atoms with Gasteiger partial charge in [0.05, 0.1) is 12.1 Å². The number of hydrogen-bond donors (Lipinski definition) is 4. The Labute approximate surface area is 184 Å². The number of nitrogens with one attached hydrogen (secondary N) is 2. The Morgan fingerprint density at radius 1 is 0.677 bits per heavy atom. The lowest BCUT2D eigenvalue weighted by Crippen LogP contribution is -2.35. The van der Waals surface area contributed by atoms with Crippen molar-refractivity contribution >= 4 is 11.8 Å². The summed E-state index contributed by atoms with van der Waals surface area (Å²) < 4.78 is 27.7. The Morgan fingerprint density at radius 3 is 1.42 bits per heavy atom. The van der Waals surface area contributed by atoms with Crippen LogP contribution in [0.4, 0.5) is 8.78 Å². The summed E-state index contributed by atoms with van der Waals surface area (Å²) in [6.07, 6.45) is 12.7. The van der Waals surface area contributed by atoms with Crippen LogP contribution < -0.4 is 10.6 Å². The Kier molecular flexibility index (Phi) is 14.8. The Hall–Kier alpha value is -1.80. The molecule has 178 valence electrons. The maximum absolute atomic E-state index is 13.9. The number of aliphatic hydroxyl groups is 2. The van der Waals surface area contributed by atoms with Crippen molar-refractivity contribution in [3.8, 4) is 0 Å². The van der Waals surface area contributed by atoms with Crippen LogP contribution >= 0.6 is 0 Å². The van der Waals surface area contributed by atoms with Gasteiger partial charge in [0.1, 0.15) is 0 Å². The van der Waals surface area contributed by atoms with E-state index in [1.54, 1.807) is 0 Å². The van der Waals surface area contributed by atoms with Crippen molar-refractivity contribution < 1.29 is 28.6 Å². The second-order valence-electron chi connectivity index (χ2n) is 8.06. The van der Waals surface area contributed by atoms with Crippen LogP contribution in [0.25, 0.3) is 0 Å². The third-order valence-electron chi connectivity index (χ3n) is 5.23. The lowest BCUT2D eigenvalue weighted by atomic mass is 10.1. The second kappa shape index (κ2) is 16.8. The first-order valence-electron chi connectivity index (χ1n) is 11.5. The number of halogens is 2.